The lowest BCUT2D eigenvalue weighted by Gasteiger charge is -2.10. The zero-order chi connectivity index (χ0) is 21.8. The average Bonchev–Trinajstić information content (AvgIpc) is 3.16. The van der Waals surface area contributed by atoms with E-state index in [0.717, 1.165) is 34.8 Å². The molecule has 0 aliphatic rings. The van der Waals surface area contributed by atoms with Crippen molar-refractivity contribution in [2.75, 3.05) is 0 Å². The number of nitrogens with zero attached hydrogens (tertiary/aromatic N) is 3. The summed E-state index contributed by atoms with van der Waals surface area (Å²) in [5, 5.41) is 14.2. The van der Waals surface area contributed by atoms with E-state index in [0.29, 0.717) is 23.6 Å². The Morgan fingerprint density at radius 3 is 2.26 bits per heavy atom. The van der Waals surface area contributed by atoms with E-state index in [4.69, 9.17) is 10.1 Å². The Morgan fingerprint density at radius 2 is 1.58 bits per heavy atom. The Morgan fingerprint density at radius 1 is 0.903 bits per heavy atom. The number of aromatic nitrogens is 3. The zero-order valence-corrected chi connectivity index (χ0v) is 17.7. The summed E-state index contributed by atoms with van der Waals surface area (Å²) in [5.74, 6) is 1.26. The van der Waals surface area contributed by atoms with Crippen molar-refractivity contribution < 1.29 is 9.90 Å². The van der Waals surface area contributed by atoms with Gasteiger partial charge in [0, 0.05) is 12.0 Å². The predicted molar refractivity (Wildman–Crippen MR) is 122 cm³/mol. The van der Waals surface area contributed by atoms with E-state index in [1.54, 1.807) is 12.1 Å². The molecule has 1 aromatic heterocycles. The van der Waals surface area contributed by atoms with Gasteiger partial charge in [-0.25, -0.2) is 14.5 Å². The van der Waals surface area contributed by atoms with Gasteiger partial charge in [-0.1, -0.05) is 86.6 Å². The summed E-state index contributed by atoms with van der Waals surface area (Å²) in [4.78, 5) is 16.3. The number of carbonyl (C=O) groups is 1. The van der Waals surface area contributed by atoms with Crippen molar-refractivity contribution in [1.82, 2.24) is 14.8 Å². The van der Waals surface area contributed by atoms with Crippen LogP contribution in [-0.4, -0.2) is 25.8 Å². The minimum Gasteiger partial charge on any atom is -0.478 e. The number of benzene rings is 3. The SMILES string of the molecule is CC(C)Cc1nc(-c2ccccc2)nn1Cc1ccc(-c2ccccc2C(=O)O)cc1. The summed E-state index contributed by atoms with van der Waals surface area (Å²) in [7, 11) is 0. The molecule has 0 saturated carbocycles. The minimum atomic E-state index is -0.922. The molecule has 0 radical (unpaired) electrons. The standard InChI is InChI=1S/C26H25N3O2/c1-18(2)16-24-27-25(21-8-4-3-5-9-21)28-29(24)17-19-12-14-20(15-13-19)22-10-6-7-11-23(22)26(30)31/h3-15,18H,16-17H2,1-2H3,(H,30,31). The first kappa shape index (κ1) is 20.5. The number of carboxylic acid groups (broad SMARTS) is 1. The van der Waals surface area contributed by atoms with E-state index in [-0.39, 0.29) is 0 Å². The first-order chi connectivity index (χ1) is 15.0. The number of hydrogen-bond acceptors (Lipinski definition) is 3. The van der Waals surface area contributed by atoms with Crippen molar-refractivity contribution in [3.8, 4) is 22.5 Å². The van der Waals surface area contributed by atoms with Gasteiger partial charge in [0.1, 0.15) is 5.82 Å². The molecule has 1 N–H and O–H groups in total. The van der Waals surface area contributed by atoms with Crippen molar-refractivity contribution in [1.29, 1.82) is 0 Å². The third-order valence-electron chi connectivity index (χ3n) is 5.13. The molecule has 0 saturated heterocycles. The summed E-state index contributed by atoms with van der Waals surface area (Å²) in [5.41, 5.74) is 4.00. The van der Waals surface area contributed by atoms with Crippen LogP contribution in [0.2, 0.25) is 0 Å². The van der Waals surface area contributed by atoms with Gasteiger partial charge in [0.2, 0.25) is 0 Å². The van der Waals surface area contributed by atoms with Gasteiger partial charge in [-0.3, -0.25) is 0 Å². The highest BCUT2D eigenvalue weighted by molar-refractivity contribution is 5.95. The predicted octanol–water partition coefficient (Wildman–Crippen LogP) is 5.56. The summed E-state index contributed by atoms with van der Waals surface area (Å²) in [6.45, 7) is 4.97. The van der Waals surface area contributed by atoms with E-state index in [1.807, 2.05) is 71.4 Å². The number of aromatic carboxylic acids is 1. The molecule has 4 aromatic rings. The van der Waals surface area contributed by atoms with Crippen LogP contribution >= 0.6 is 0 Å². The third-order valence-corrected chi connectivity index (χ3v) is 5.13. The van der Waals surface area contributed by atoms with E-state index < -0.39 is 5.97 Å². The minimum absolute atomic E-state index is 0.304. The molecule has 5 heteroatoms. The number of rotatable bonds is 7. The topological polar surface area (TPSA) is 68.0 Å². The Balaban J connectivity index is 1.62. The lowest BCUT2D eigenvalue weighted by atomic mass is 9.99. The number of hydrogen-bond donors (Lipinski definition) is 1. The second-order valence-electron chi connectivity index (χ2n) is 8.02. The fourth-order valence-corrected chi connectivity index (χ4v) is 3.61. The molecule has 1 heterocycles. The summed E-state index contributed by atoms with van der Waals surface area (Å²) in [6, 6.07) is 25.1. The maximum absolute atomic E-state index is 11.5. The second kappa shape index (κ2) is 8.96. The summed E-state index contributed by atoms with van der Waals surface area (Å²) in [6.07, 6.45) is 0.851. The first-order valence-corrected chi connectivity index (χ1v) is 10.4. The molecule has 0 atom stereocenters. The summed E-state index contributed by atoms with van der Waals surface area (Å²) < 4.78 is 1.97. The van der Waals surface area contributed by atoms with Gasteiger partial charge >= 0.3 is 5.97 Å². The zero-order valence-electron chi connectivity index (χ0n) is 17.7. The van der Waals surface area contributed by atoms with Gasteiger partial charge in [-0.15, -0.1) is 0 Å². The van der Waals surface area contributed by atoms with Crippen LogP contribution in [0.25, 0.3) is 22.5 Å². The molecular weight excluding hydrogens is 386 g/mol. The van der Waals surface area contributed by atoms with Crippen molar-refractivity contribution in [3.63, 3.8) is 0 Å². The molecule has 0 unspecified atom stereocenters. The maximum atomic E-state index is 11.5. The van der Waals surface area contributed by atoms with E-state index in [9.17, 15) is 9.90 Å². The molecule has 4 rings (SSSR count). The van der Waals surface area contributed by atoms with E-state index in [1.165, 1.54) is 0 Å². The molecule has 0 spiro atoms. The molecule has 0 aliphatic heterocycles. The fourth-order valence-electron chi connectivity index (χ4n) is 3.61. The quantitative estimate of drug-likeness (QED) is 0.432. The van der Waals surface area contributed by atoms with Gasteiger partial charge < -0.3 is 5.11 Å². The van der Waals surface area contributed by atoms with Crippen molar-refractivity contribution >= 4 is 5.97 Å². The Bertz CT molecular complexity index is 1180. The van der Waals surface area contributed by atoms with Gasteiger partial charge in [0.15, 0.2) is 5.82 Å². The molecule has 0 bridgehead atoms. The lowest BCUT2D eigenvalue weighted by Crippen LogP contribution is -2.09. The molecule has 3 aromatic carbocycles. The molecule has 31 heavy (non-hydrogen) atoms. The van der Waals surface area contributed by atoms with Crippen LogP contribution < -0.4 is 0 Å². The smallest absolute Gasteiger partial charge is 0.336 e. The fraction of sp³-hybridized carbons (Fsp3) is 0.192. The van der Waals surface area contributed by atoms with Gasteiger partial charge in [0.25, 0.3) is 0 Å². The third kappa shape index (κ3) is 4.72. The van der Waals surface area contributed by atoms with Crippen LogP contribution in [0.4, 0.5) is 0 Å². The van der Waals surface area contributed by atoms with Crippen molar-refractivity contribution in [3.05, 3.63) is 95.8 Å². The molecular formula is C26H25N3O2. The molecule has 156 valence electrons. The van der Waals surface area contributed by atoms with Crippen LogP contribution in [0.5, 0.6) is 0 Å². The Kier molecular flexibility index (Phi) is 5.94. The molecule has 0 fully saturated rings. The molecule has 5 nitrogen and oxygen atoms in total. The van der Waals surface area contributed by atoms with Gasteiger partial charge in [0.05, 0.1) is 12.1 Å². The first-order valence-electron chi connectivity index (χ1n) is 10.4. The van der Waals surface area contributed by atoms with Crippen molar-refractivity contribution in [2.24, 2.45) is 5.92 Å². The molecule has 0 amide bonds. The monoisotopic (exact) mass is 411 g/mol. The van der Waals surface area contributed by atoms with Crippen LogP contribution in [0.3, 0.4) is 0 Å². The summed E-state index contributed by atoms with van der Waals surface area (Å²) >= 11 is 0. The van der Waals surface area contributed by atoms with Crippen LogP contribution in [0, 0.1) is 5.92 Å². The van der Waals surface area contributed by atoms with Gasteiger partial charge in [-0.05, 0) is 28.7 Å². The second-order valence-corrected chi connectivity index (χ2v) is 8.02. The lowest BCUT2D eigenvalue weighted by molar-refractivity contribution is 0.0697. The number of carboxylic acids is 1. The normalized spacial score (nSPS) is 11.1. The highest BCUT2D eigenvalue weighted by atomic mass is 16.4. The highest BCUT2D eigenvalue weighted by Crippen LogP contribution is 2.25. The largest absolute Gasteiger partial charge is 0.478 e. The highest BCUT2D eigenvalue weighted by Gasteiger charge is 2.14. The molecule has 0 aliphatic carbocycles. The van der Waals surface area contributed by atoms with Crippen LogP contribution in [0.1, 0.15) is 35.6 Å². The van der Waals surface area contributed by atoms with Crippen molar-refractivity contribution in [2.45, 2.75) is 26.8 Å². The average molecular weight is 412 g/mol. The van der Waals surface area contributed by atoms with Crippen LogP contribution in [-0.2, 0) is 13.0 Å². The Hall–Kier alpha value is -3.73. The van der Waals surface area contributed by atoms with E-state index in [2.05, 4.69) is 13.8 Å². The maximum Gasteiger partial charge on any atom is 0.336 e. The van der Waals surface area contributed by atoms with Gasteiger partial charge in [-0.2, -0.15) is 5.10 Å². The van der Waals surface area contributed by atoms with E-state index >= 15 is 0 Å². The Labute approximate surface area is 182 Å². The van der Waals surface area contributed by atoms with Crippen LogP contribution in [0.15, 0.2) is 78.9 Å².